The van der Waals surface area contributed by atoms with Crippen LogP contribution in [-0.2, 0) is 0 Å². The summed E-state index contributed by atoms with van der Waals surface area (Å²) in [6.07, 6.45) is 3.25. The maximum Gasteiger partial charge on any atom is 0.184 e. The van der Waals surface area contributed by atoms with Gasteiger partial charge in [0.15, 0.2) is 6.19 Å². The van der Waals surface area contributed by atoms with Gasteiger partial charge in [0.05, 0.1) is 5.69 Å². The van der Waals surface area contributed by atoms with Gasteiger partial charge in [0.2, 0.25) is 0 Å². The Kier molecular flexibility index (Phi) is 4.00. The average Bonchev–Trinajstić information content (AvgIpc) is 2.20. The van der Waals surface area contributed by atoms with Crippen LogP contribution in [0.2, 0.25) is 0 Å². The van der Waals surface area contributed by atoms with Gasteiger partial charge in [-0.1, -0.05) is 32.0 Å². The molecular weight excluding hydrogens is 172 g/mol. The summed E-state index contributed by atoms with van der Waals surface area (Å²) in [5.41, 5.74) is 0.982. The normalized spacial score (nSPS) is 9.86. The van der Waals surface area contributed by atoms with E-state index < -0.39 is 0 Å². The van der Waals surface area contributed by atoms with Gasteiger partial charge < -0.3 is 0 Å². The summed E-state index contributed by atoms with van der Waals surface area (Å²) in [6.45, 7) is 5.14. The Hall–Kier alpha value is -1.49. The molecule has 2 nitrogen and oxygen atoms in total. The van der Waals surface area contributed by atoms with Crippen molar-refractivity contribution in [3.63, 3.8) is 0 Å². The SMILES string of the molecule is CC(C)CCN(C#N)c1ccccc1. The van der Waals surface area contributed by atoms with Gasteiger partial charge >= 0.3 is 0 Å². The lowest BCUT2D eigenvalue weighted by Crippen LogP contribution is -2.18. The Morgan fingerprint density at radius 1 is 1.29 bits per heavy atom. The molecule has 0 atom stereocenters. The molecule has 0 unspecified atom stereocenters. The molecule has 74 valence electrons. The van der Waals surface area contributed by atoms with Crippen molar-refractivity contribution >= 4 is 5.69 Å². The second kappa shape index (κ2) is 5.29. The third kappa shape index (κ3) is 3.10. The van der Waals surface area contributed by atoms with Crippen molar-refractivity contribution in [2.45, 2.75) is 20.3 Å². The molecule has 2 heteroatoms. The van der Waals surface area contributed by atoms with Gasteiger partial charge in [0.1, 0.15) is 0 Å². The predicted octanol–water partition coefficient (Wildman–Crippen LogP) is 3.02. The van der Waals surface area contributed by atoms with Crippen LogP contribution in [0.25, 0.3) is 0 Å². The van der Waals surface area contributed by atoms with Crippen LogP contribution in [0.5, 0.6) is 0 Å². The molecular formula is C12H16N2. The number of rotatable bonds is 4. The highest BCUT2D eigenvalue weighted by Gasteiger charge is 2.04. The molecule has 0 saturated heterocycles. The van der Waals surface area contributed by atoms with E-state index in [2.05, 4.69) is 20.0 Å². The van der Waals surface area contributed by atoms with E-state index in [0.717, 1.165) is 18.7 Å². The number of para-hydroxylation sites is 1. The standard InChI is InChI=1S/C12H16N2/c1-11(2)8-9-14(10-13)12-6-4-3-5-7-12/h3-7,11H,8-9H2,1-2H3. The second-order valence-electron chi connectivity index (χ2n) is 3.77. The molecule has 1 aromatic carbocycles. The molecule has 0 amide bonds. The van der Waals surface area contributed by atoms with Gasteiger partial charge in [-0.2, -0.15) is 5.26 Å². The first-order valence-electron chi connectivity index (χ1n) is 4.96. The lowest BCUT2D eigenvalue weighted by atomic mass is 10.1. The van der Waals surface area contributed by atoms with Crippen LogP contribution in [0.15, 0.2) is 30.3 Å². The number of nitriles is 1. The van der Waals surface area contributed by atoms with Crippen LogP contribution < -0.4 is 4.90 Å². The molecule has 0 heterocycles. The quantitative estimate of drug-likeness (QED) is 0.536. The number of hydrogen-bond donors (Lipinski definition) is 0. The third-order valence-electron chi connectivity index (χ3n) is 2.12. The minimum Gasteiger partial charge on any atom is -0.279 e. The lowest BCUT2D eigenvalue weighted by Gasteiger charge is -2.16. The summed E-state index contributed by atoms with van der Waals surface area (Å²) < 4.78 is 0. The van der Waals surface area contributed by atoms with E-state index in [1.807, 2.05) is 30.3 Å². The molecule has 0 bridgehead atoms. The largest absolute Gasteiger partial charge is 0.279 e. The van der Waals surface area contributed by atoms with Crippen molar-refractivity contribution in [2.24, 2.45) is 5.92 Å². The first-order valence-corrected chi connectivity index (χ1v) is 4.96. The van der Waals surface area contributed by atoms with Crippen molar-refractivity contribution in [3.05, 3.63) is 30.3 Å². The van der Waals surface area contributed by atoms with Gasteiger partial charge in [-0.25, -0.2) is 0 Å². The Balaban J connectivity index is 2.60. The topological polar surface area (TPSA) is 27.0 Å². The summed E-state index contributed by atoms with van der Waals surface area (Å²) >= 11 is 0. The monoisotopic (exact) mass is 188 g/mol. The molecule has 0 saturated carbocycles. The smallest absolute Gasteiger partial charge is 0.184 e. The Labute approximate surface area is 85.8 Å². The molecule has 0 aliphatic carbocycles. The number of benzene rings is 1. The van der Waals surface area contributed by atoms with Crippen LogP contribution in [0, 0.1) is 17.4 Å². The highest BCUT2D eigenvalue weighted by molar-refractivity contribution is 5.49. The van der Waals surface area contributed by atoms with Crippen molar-refractivity contribution < 1.29 is 0 Å². The van der Waals surface area contributed by atoms with Crippen molar-refractivity contribution in [1.82, 2.24) is 0 Å². The minimum absolute atomic E-state index is 0.634. The van der Waals surface area contributed by atoms with Gasteiger partial charge in [-0.05, 0) is 24.5 Å². The lowest BCUT2D eigenvalue weighted by molar-refractivity contribution is 0.591. The maximum absolute atomic E-state index is 8.97. The van der Waals surface area contributed by atoms with E-state index in [-0.39, 0.29) is 0 Å². The van der Waals surface area contributed by atoms with Gasteiger partial charge in [-0.15, -0.1) is 0 Å². The fourth-order valence-electron chi connectivity index (χ4n) is 1.23. The van der Waals surface area contributed by atoms with E-state index in [1.165, 1.54) is 0 Å². The fraction of sp³-hybridized carbons (Fsp3) is 0.417. The molecule has 0 radical (unpaired) electrons. The van der Waals surface area contributed by atoms with E-state index in [0.29, 0.717) is 5.92 Å². The van der Waals surface area contributed by atoms with Crippen LogP contribution in [-0.4, -0.2) is 6.54 Å². The van der Waals surface area contributed by atoms with Gasteiger partial charge in [-0.3, -0.25) is 4.90 Å². The molecule has 1 aromatic rings. The number of anilines is 1. The first kappa shape index (κ1) is 10.6. The number of nitrogens with zero attached hydrogens (tertiary/aromatic N) is 2. The maximum atomic E-state index is 8.97. The molecule has 0 fully saturated rings. The van der Waals surface area contributed by atoms with Crippen LogP contribution in [0.4, 0.5) is 5.69 Å². The summed E-state index contributed by atoms with van der Waals surface area (Å²) in [6, 6.07) is 9.79. The van der Waals surface area contributed by atoms with Crippen molar-refractivity contribution in [3.8, 4) is 6.19 Å². The van der Waals surface area contributed by atoms with E-state index in [4.69, 9.17) is 5.26 Å². The summed E-state index contributed by atoms with van der Waals surface area (Å²) in [7, 11) is 0. The van der Waals surface area contributed by atoms with E-state index >= 15 is 0 Å². The average molecular weight is 188 g/mol. The number of hydrogen-bond acceptors (Lipinski definition) is 2. The molecule has 14 heavy (non-hydrogen) atoms. The highest BCUT2D eigenvalue weighted by atomic mass is 15.1. The van der Waals surface area contributed by atoms with Crippen LogP contribution in [0.3, 0.4) is 0 Å². The fourth-order valence-corrected chi connectivity index (χ4v) is 1.23. The molecule has 0 aromatic heterocycles. The van der Waals surface area contributed by atoms with E-state index in [9.17, 15) is 0 Å². The summed E-state index contributed by atoms with van der Waals surface area (Å²) in [4.78, 5) is 1.74. The molecule has 0 aliphatic rings. The Morgan fingerprint density at radius 2 is 1.93 bits per heavy atom. The zero-order valence-corrected chi connectivity index (χ0v) is 8.77. The van der Waals surface area contributed by atoms with E-state index in [1.54, 1.807) is 4.90 Å². The molecule has 0 aliphatic heterocycles. The molecule has 1 rings (SSSR count). The van der Waals surface area contributed by atoms with Crippen LogP contribution in [0.1, 0.15) is 20.3 Å². The Morgan fingerprint density at radius 3 is 2.43 bits per heavy atom. The highest BCUT2D eigenvalue weighted by Crippen LogP contribution is 2.13. The third-order valence-corrected chi connectivity index (χ3v) is 2.12. The van der Waals surface area contributed by atoms with Crippen molar-refractivity contribution in [2.75, 3.05) is 11.4 Å². The summed E-state index contributed by atoms with van der Waals surface area (Å²) in [5.74, 6) is 0.634. The molecule has 0 spiro atoms. The van der Waals surface area contributed by atoms with Gasteiger partial charge in [0, 0.05) is 6.54 Å². The predicted molar refractivity (Wildman–Crippen MR) is 58.9 cm³/mol. The van der Waals surface area contributed by atoms with Gasteiger partial charge in [0.25, 0.3) is 0 Å². The zero-order valence-electron chi connectivity index (χ0n) is 8.77. The summed E-state index contributed by atoms with van der Waals surface area (Å²) in [5, 5.41) is 8.97. The second-order valence-corrected chi connectivity index (χ2v) is 3.77. The first-order chi connectivity index (χ1) is 6.74. The van der Waals surface area contributed by atoms with Crippen LogP contribution >= 0.6 is 0 Å². The zero-order chi connectivity index (χ0) is 10.4. The molecule has 0 N–H and O–H groups in total. The Bertz CT molecular complexity index is 298. The minimum atomic E-state index is 0.634. The van der Waals surface area contributed by atoms with Crippen molar-refractivity contribution in [1.29, 1.82) is 5.26 Å².